The summed E-state index contributed by atoms with van der Waals surface area (Å²) >= 11 is 18.9. The Hall–Kier alpha value is -0.830. The van der Waals surface area contributed by atoms with Crippen molar-refractivity contribution in [3.05, 3.63) is 44.7 Å². The van der Waals surface area contributed by atoms with Gasteiger partial charge in [-0.05, 0) is 43.2 Å². The van der Waals surface area contributed by atoms with Crippen molar-refractivity contribution in [3.63, 3.8) is 0 Å². The Morgan fingerprint density at radius 2 is 1.92 bits per heavy atom. The van der Waals surface area contributed by atoms with E-state index < -0.39 is 22.0 Å². The number of nitrogens with zero attached hydrogens (tertiary/aromatic N) is 1. The first-order valence-electron chi connectivity index (χ1n) is 7.82. The molecule has 26 heavy (non-hydrogen) atoms. The van der Waals surface area contributed by atoms with Gasteiger partial charge in [0.15, 0.2) is 0 Å². The molecule has 1 aliphatic heterocycles. The molecule has 140 valence electrons. The minimum absolute atomic E-state index is 0.128. The third-order valence-electron chi connectivity index (χ3n) is 4.05. The molecular formula is C16H15Cl3N2O3S2. The Kier molecular flexibility index (Phi) is 6.16. The molecule has 1 atom stereocenters. The summed E-state index contributed by atoms with van der Waals surface area (Å²) in [4.78, 5) is 12.8. The average molecular weight is 454 g/mol. The predicted molar refractivity (Wildman–Crippen MR) is 106 cm³/mol. The fourth-order valence-corrected chi connectivity index (χ4v) is 6.42. The number of rotatable bonds is 4. The number of piperidine rings is 1. The first-order valence-corrected chi connectivity index (χ1v) is 11.2. The van der Waals surface area contributed by atoms with Gasteiger partial charge in [0, 0.05) is 11.6 Å². The Bertz CT molecular complexity index is 931. The smallest absolute Gasteiger partial charge is 0.253 e. The second-order valence-electron chi connectivity index (χ2n) is 5.80. The van der Waals surface area contributed by atoms with Crippen molar-refractivity contribution < 1.29 is 13.2 Å². The number of carbonyl (C=O) groups is 1. The number of hydrogen-bond donors (Lipinski definition) is 1. The maximum absolute atomic E-state index is 12.9. The largest absolute Gasteiger partial charge is 0.323 e. The molecule has 1 aromatic heterocycles. The van der Waals surface area contributed by atoms with Crippen LogP contribution in [0.1, 0.15) is 19.3 Å². The number of carbonyl (C=O) groups excluding carboxylic acids is 1. The second-order valence-corrected chi connectivity index (χ2v) is 10.5. The highest BCUT2D eigenvalue weighted by Crippen LogP contribution is 2.32. The zero-order chi connectivity index (χ0) is 18.9. The quantitative estimate of drug-likeness (QED) is 0.716. The van der Waals surface area contributed by atoms with Gasteiger partial charge in [-0.25, -0.2) is 8.42 Å². The van der Waals surface area contributed by atoms with Crippen LogP contribution in [0.25, 0.3) is 0 Å². The van der Waals surface area contributed by atoms with Crippen LogP contribution in [0.3, 0.4) is 0 Å². The van der Waals surface area contributed by atoms with Crippen LogP contribution in [0.5, 0.6) is 0 Å². The summed E-state index contributed by atoms with van der Waals surface area (Å²) in [6.45, 7) is 0.277. The lowest BCUT2D eigenvalue weighted by molar-refractivity contribution is -0.120. The molecule has 2 aromatic rings. The van der Waals surface area contributed by atoms with Gasteiger partial charge in [-0.15, -0.1) is 11.3 Å². The first kappa shape index (κ1) is 19.9. The molecule has 0 aliphatic carbocycles. The van der Waals surface area contributed by atoms with Crippen LogP contribution in [0.2, 0.25) is 14.4 Å². The number of halogens is 3. The molecule has 0 unspecified atom stereocenters. The van der Waals surface area contributed by atoms with E-state index in [-0.39, 0.29) is 10.8 Å². The molecule has 0 bridgehead atoms. The highest BCUT2D eigenvalue weighted by molar-refractivity contribution is 7.91. The maximum atomic E-state index is 12.9. The van der Waals surface area contributed by atoms with E-state index in [4.69, 9.17) is 34.8 Å². The van der Waals surface area contributed by atoms with Crippen LogP contribution >= 0.6 is 46.1 Å². The standard InChI is InChI=1S/C16H15Cl3N2O3S2/c17-10-4-5-11(18)12(9-10)20-16(22)13-3-1-2-8-21(13)26(23,24)15-7-6-14(19)25-15/h4-7,9,13H,1-3,8H2,(H,20,22)/t13-/m1/s1. The molecule has 2 heterocycles. The summed E-state index contributed by atoms with van der Waals surface area (Å²) < 4.78 is 27.6. The molecular weight excluding hydrogens is 439 g/mol. The summed E-state index contributed by atoms with van der Waals surface area (Å²) in [5.74, 6) is -0.430. The summed E-state index contributed by atoms with van der Waals surface area (Å²) in [5.41, 5.74) is 0.353. The molecule has 0 radical (unpaired) electrons. The van der Waals surface area contributed by atoms with Crippen molar-refractivity contribution in [2.45, 2.75) is 29.5 Å². The van der Waals surface area contributed by atoms with Crippen LogP contribution in [0, 0.1) is 0 Å². The SMILES string of the molecule is O=C(Nc1cc(Cl)ccc1Cl)[C@H]1CCCCN1S(=O)(=O)c1ccc(Cl)s1. The molecule has 1 saturated heterocycles. The minimum atomic E-state index is -3.80. The molecule has 1 aromatic carbocycles. The minimum Gasteiger partial charge on any atom is -0.323 e. The number of nitrogens with one attached hydrogen (secondary N) is 1. The Labute approximate surface area is 170 Å². The van der Waals surface area contributed by atoms with Crippen molar-refractivity contribution >= 4 is 67.8 Å². The van der Waals surface area contributed by atoms with Crippen LogP contribution in [-0.2, 0) is 14.8 Å². The predicted octanol–water partition coefficient (Wildman–Crippen LogP) is 4.89. The maximum Gasteiger partial charge on any atom is 0.253 e. The monoisotopic (exact) mass is 452 g/mol. The molecule has 1 amide bonds. The third-order valence-corrected chi connectivity index (χ3v) is 8.23. The van der Waals surface area contributed by atoms with Gasteiger partial charge in [0.1, 0.15) is 10.3 Å². The molecule has 1 N–H and O–H groups in total. The second kappa shape index (κ2) is 8.04. The molecule has 0 spiro atoms. The van der Waals surface area contributed by atoms with E-state index in [1.165, 1.54) is 22.5 Å². The molecule has 3 rings (SSSR count). The number of thiophene rings is 1. The summed E-state index contributed by atoms with van der Waals surface area (Å²) in [6.07, 6.45) is 1.89. The lowest BCUT2D eigenvalue weighted by atomic mass is 10.0. The van der Waals surface area contributed by atoms with Gasteiger partial charge in [-0.3, -0.25) is 4.79 Å². The molecule has 1 fully saturated rings. The molecule has 5 nitrogen and oxygen atoms in total. The topological polar surface area (TPSA) is 66.5 Å². The first-order chi connectivity index (χ1) is 12.3. The van der Waals surface area contributed by atoms with Crippen LogP contribution < -0.4 is 5.32 Å². The highest BCUT2D eigenvalue weighted by Gasteiger charge is 2.38. The van der Waals surface area contributed by atoms with Crippen LogP contribution in [0.4, 0.5) is 5.69 Å². The van der Waals surface area contributed by atoms with Gasteiger partial charge in [-0.2, -0.15) is 4.31 Å². The van der Waals surface area contributed by atoms with Crippen molar-refractivity contribution in [1.82, 2.24) is 4.31 Å². The average Bonchev–Trinajstić information content (AvgIpc) is 3.05. The molecule has 10 heteroatoms. The van der Waals surface area contributed by atoms with E-state index in [0.717, 1.165) is 17.8 Å². The number of hydrogen-bond acceptors (Lipinski definition) is 4. The molecule has 1 aliphatic rings. The number of sulfonamides is 1. The van der Waals surface area contributed by atoms with Crippen molar-refractivity contribution in [3.8, 4) is 0 Å². The molecule has 0 saturated carbocycles. The zero-order valence-electron chi connectivity index (χ0n) is 13.4. The van der Waals surface area contributed by atoms with Crippen molar-refractivity contribution in [2.24, 2.45) is 0 Å². The van der Waals surface area contributed by atoms with Crippen molar-refractivity contribution in [2.75, 3.05) is 11.9 Å². The van der Waals surface area contributed by atoms with E-state index in [9.17, 15) is 13.2 Å². The van der Waals surface area contributed by atoms with E-state index >= 15 is 0 Å². The van der Waals surface area contributed by atoms with Gasteiger partial charge in [-0.1, -0.05) is 41.2 Å². The lowest BCUT2D eigenvalue weighted by Crippen LogP contribution is -2.49. The number of amides is 1. The Morgan fingerprint density at radius 3 is 2.62 bits per heavy atom. The lowest BCUT2D eigenvalue weighted by Gasteiger charge is -2.33. The summed E-state index contributed by atoms with van der Waals surface area (Å²) in [6, 6.07) is 6.89. The fourth-order valence-electron chi connectivity index (χ4n) is 2.82. The Balaban J connectivity index is 1.87. The fraction of sp³-hybridized carbons (Fsp3) is 0.312. The van der Waals surface area contributed by atoms with Crippen LogP contribution in [-0.4, -0.2) is 31.2 Å². The summed E-state index contributed by atoms with van der Waals surface area (Å²) in [7, 11) is -3.80. The van der Waals surface area contributed by atoms with Gasteiger partial charge in [0.25, 0.3) is 10.0 Å². The third kappa shape index (κ3) is 4.18. The zero-order valence-corrected chi connectivity index (χ0v) is 17.3. The van der Waals surface area contributed by atoms with Gasteiger partial charge >= 0.3 is 0 Å². The van der Waals surface area contributed by atoms with Gasteiger partial charge < -0.3 is 5.32 Å². The number of anilines is 1. The summed E-state index contributed by atoms with van der Waals surface area (Å²) in [5, 5.41) is 3.45. The van der Waals surface area contributed by atoms with Crippen LogP contribution in [0.15, 0.2) is 34.5 Å². The Morgan fingerprint density at radius 1 is 1.15 bits per heavy atom. The van der Waals surface area contributed by atoms with E-state index in [2.05, 4.69) is 5.32 Å². The highest BCUT2D eigenvalue weighted by atomic mass is 35.5. The van der Waals surface area contributed by atoms with Gasteiger partial charge in [0.05, 0.1) is 15.0 Å². The van der Waals surface area contributed by atoms with E-state index in [1.54, 1.807) is 12.1 Å². The van der Waals surface area contributed by atoms with E-state index in [0.29, 0.717) is 32.9 Å². The normalized spacial score (nSPS) is 18.7. The van der Waals surface area contributed by atoms with Crippen molar-refractivity contribution in [1.29, 1.82) is 0 Å². The van der Waals surface area contributed by atoms with E-state index in [1.807, 2.05) is 0 Å². The van der Waals surface area contributed by atoms with Gasteiger partial charge in [0.2, 0.25) is 5.91 Å². The number of benzene rings is 1.